The second-order valence-corrected chi connectivity index (χ2v) is 8.33. The van der Waals surface area contributed by atoms with E-state index in [1.165, 1.54) is 0 Å². The largest absolute Gasteiger partial charge is 0.468 e. The zero-order valence-corrected chi connectivity index (χ0v) is 15.6. The van der Waals surface area contributed by atoms with Gasteiger partial charge in [0.05, 0.1) is 37.9 Å². The highest BCUT2D eigenvalue weighted by atomic mass is 16.5. The zero-order valence-electron chi connectivity index (χ0n) is 15.6. The highest BCUT2D eigenvalue weighted by Crippen LogP contribution is 2.66. The summed E-state index contributed by atoms with van der Waals surface area (Å²) in [4.78, 5) is 75.5. The van der Waals surface area contributed by atoms with Gasteiger partial charge in [0, 0.05) is 11.8 Å². The first kappa shape index (κ1) is 18.0. The number of amides is 4. The monoisotopic (exact) mass is 402 g/mol. The van der Waals surface area contributed by atoms with Crippen LogP contribution in [0.4, 0.5) is 0 Å². The van der Waals surface area contributed by atoms with Crippen LogP contribution >= 0.6 is 0 Å². The second kappa shape index (κ2) is 5.52. The van der Waals surface area contributed by atoms with Crippen LogP contribution in [0.15, 0.2) is 11.1 Å². The number of esters is 2. The topological polar surface area (TPSA) is 145 Å². The zero-order chi connectivity index (χ0) is 20.8. The summed E-state index contributed by atoms with van der Waals surface area (Å²) < 4.78 is 9.74. The predicted molar refractivity (Wildman–Crippen MR) is 90.0 cm³/mol. The summed E-state index contributed by atoms with van der Waals surface area (Å²) in [5, 5.41) is 4.65. The predicted octanol–water partition coefficient (Wildman–Crippen LogP) is -1.55. The molecule has 6 aliphatic rings. The van der Waals surface area contributed by atoms with Gasteiger partial charge in [0.1, 0.15) is 0 Å². The molecule has 2 unspecified atom stereocenters. The van der Waals surface area contributed by atoms with E-state index in [4.69, 9.17) is 9.47 Å². The van der Waals surface area contributed by atoms with Crippen LogP contribution in [0.25, 0.3) is 0 Å². The van der Waals surface area contributed by atoms with E-state index in [2.05, 4.69) is 10.6 Å². The van der Waals surface area contributed by atoms with Gasteiger partial charge in [0.15, 0.2) is 5.41 Å². The molecule has 1 saturated carbocycles. The standard InChI is InChI=1S/C19H18N2O8/c1-28-17(26)19(18(27)29-2)3-5-6(4-19)8-11-9(13(22)20-15(11)24)7(5)10-12(8)16(25)21-14(10)23/h7-12H,3-4H2,1-2H3,(H,20,22,24)(H,21,23,25)/t7?,8?,9-,10+,11+,12-. The molecular weight excluding hydrogens is 384 g/mol. The molecule has 0 radical (unpaired) electrons. The number of hydrogen-bond acceptors (Lipinski definition) is 8. The van der Waals surface area contributed by atoms with Gasteiger partial charge in [-0.2, -0.15) is 0 Å². The first-order valence-electron chi connectivity index (χ1n) is 9.35. The van der Waals surface area contributed by atoms with Gasteiger partial charge in [0.25, 0.3) is 0 Å². The Morgan fingerprint density at radius 2 is 1.00 bits per heavy atom. The molecule has 2 N–H and O–H groups in total. The average Bonchev–Trinajstić information content (AvgIpc) is 3.35. The van der Waals surface area contributed by atoms with Crippen LogP contribution in [-0.2, 0) is 38.2 Å². The Morgan fingerprint density at radius 3 is 1.28 bits per heavy atom. The summed E-state index contributed by atoms with van der Waals surface area (Å²) in [5.74, 6) is -8.13. The Labute approximate surface area is 164 Å². The summed E-state index contributed by atoms with van der Waals surface area (Å²) in [6, 6.07) is 0. The maximum atomic E-state index is 12.6. The lowest BCUT2D eigenvalue weighted by molar-refractivity contribution is -0.168. The van der Waals surface area contributed by atoms with Crippen molar-refractivity contribution in [3.63, 3.8) is 0 Å². The number of nitrogens with one attached hydrogen (secondary N) is 2. The van der Waals surface area contributed by atoms with Crippen molar-refractivity contribution < 1.29 is 38.2 Å². The summed E-state index contributed by atoms with van der Waals surface area (Å²) in [5.41, 5.74) is -0.382. The first-order chi connectivity index (χ1) is 13.8. The van der Waals surface area contributed by atoms with E-state index in [-0.39, 0.29) is 12.8 Å². The van der Waals surface area contributed by atoms with E-state index >= 15 is 0 Å². The number of carbonyl (C=O) groups is 6. The minimum atomic E-state index is -1.64. The number of imide groups is 2. The van der Waals surface area contributed by atoms with Crippen molar-refractivity contribution in [3.05, 3.63) is 11.1 Å². The number of rotatable bonds is 2. The Bertz CT molecular complexity index is 849. The summed E-state index contributed by atoms with van der Waals surface area (Å²) in [6.07, 6.45) is -0.115. The van der Waals surface area contributed by atoms with Crippen molar-refractivity contribution in [2.75, 3.05) is 14.2 Å². The molecule has 29 heavy (non-hydrogen) atoms. The summed E-state index contributed by atoms with van der Waals surface area (Å²) >= 11 is 0. The third kappa shape index (κ3) is 1.91. The van der Waals surface area contributed by atoms with Gasteiger partial charge >= 0.3 is 11.9 Å². The average molecular weight is 402 g/mol. The van der Waals surface area contributed by atoms with Crippen LogP contribution in [0.1, 0.15) is 12.8 Å². The number of carbonyl (C=O) groups excluding carboxylic acids is 6. The molecule has 2 heterocycles. The van der Waals surface area contributed by atoms with E-state index in [1.54, 1.807) is 0 Å². The molecule has 2 saturated heterocycles. The Kier molecular flexibility index (Phi) is 3.43. The van der Waals surface area contributed by atoms with Gasteiger partial charge < -0.3 is 9.47 Å². The first-order valence-corrected chi connectivity index (χ1v) is 9.35. The normalized spacial score (nSPS) is 38.3. The molecule has 0 aromatic carbocycles. The van der Waals surface area contributed by atoms with Crippen molar-refractivity contribution in [2.45, 2.75) is 12.8 Å². The fourth-order valence-electron chi connectivity index (χ4n) is 6.45. The molecule has 4 amide bonds. The fraction of sp³-hybridized carbons (Fsp3) is 0.579. The fourth-order valence-corrected chi connectivity index (χ4v) is 6.45. The number of hydrogen-bond donors (Lipinski definition) is 2. The lowest BCUT2D eigenvalue weighted by atomic mass is 9.50. The molecule has 2 aliphatic heterocycles. The van der Waals surface area contributed by atoms with Crippen LogP contribution in [0.3, 0.4) is 0 Å². The van der Waals surface area contributed by atoms with E-state index in [0.717, 1.165) is 14.2 Å². The van der Waals surface area contributed by atoms with Gasteiger partial charge in [-0.15, -0.1) is 0 Å². The smallest absolute Gasteiger partial charge is 0.323 e. The molecule has 6 rings (SSSR count). The number of ether oxygens (including phenoxy) is 2. The van der Waals surface area contributed by atoms with Crippen molar-refractivity contribution >= 4 is 35.6 Å². The van der Waals surface area contributed by atoms with Crippen molar-refractivity contribution in [2.24, 2.45) is 40.9 Å². The van der Waals surface area contributed by atoms with Gasteiger partial charge in [-0.25, -0.2) is 0 Å². The van der Waals surface area contributed by atoms with E-state index in [9.17, 15) is 28.8 Å². The van der Waals surface area contributed by atoms with E-state index in [0.29, 0.717) is 11.1 Å². The molecule has 3 fully saturated rings. The Hall–Kier alpha value is -3.04. The molecule has 4 aliphatic carbocycles. The Balaban J connectivity index is 1.68. The van der Waals surface area contributed by atoms with Crippen molar-refractivity contribution in [1.29, 1.82) is 0 Å². The van der Waals surface area contributed by atoms with E-state index < -0.39 is 76.5 Å². The maximum Gasteiger partial charge on any atom is 0.323 e. The quantitative estimate of drug-likeness (QED) is 0.244. The molecular formula is C19H18N2O8. The highest BCUT2D eigenvalue weighted by Gasteiger charge is 2.72. The molecule has 2 bridgehead atoms. The van der Waals surface area contributed by atoms with Gasteiger partial charge in [0.2, 0.25) is 23.6 Å². The minimum absolute atomic E-state index is 0.0573. The van der Waals surface area contributed by atoms with Crippen molar-refractivity contribution in [1.82, 2.24) is 10.6 Å². The summed E-state index contributed by atoms with van der Waals surface area (Å²) in [7, 11) is 2.33. The third-order valence-corrected chi connectivity index (χ3v) is 7.38. The highest BCUT2D eigenvalue weighted by molar-refractivity contribution is 6.12. The molecule has 0 aromatic rings. The molecule has 10 nitrogen and oxygen atoms in total. The lowest BCUT2D eigenvalue weighted by Crippen LogP contribution is -2.53. The van der Waals surface area contributed by atoms with Crippen molar-refractivity contribution in [3.8, 4) is 0 Å². The van der Waals surface area contributed by atoms with Crippen LogP contribution in [-0.4, -0.2) is 49.8 Å². The maximum absolute atomic E-state index is 12.6. The Morgan fingerprint density at radius 1 is 0.690 bits per heavy atom. The minimum Gasteiger partial charge on any atom is -0.468 e. The molecule has 0 spiro atoms. The van der Waals surface area contributed by atoms with Crippen LogP contribution in [0.2, 0.25) is 0 Å². The SMILES string of the molecule is COC(=O)C1(C(=O)OC)CC2=C(C1)C1[C@H]3C(=O)NC(=O)[C@H]3C2[C@H]2C(=O)NC(=O)[C@@H]12. The number of allylic oxidation sites excluding steroid dienone is 2. The molecule has 6 atom stereocenters. The molecule has 0 aromatic heterocycles. The van der Waals surface area contributed by atoms with Gasteiger partial charge in [-0.05, 0) is 12.8 Å². The van der Waals surface area contributed by atoms with E-state index in [1.807, 2.05) is 0 Å². The third-order valence-electron chi connectivity index (χ3n) is 7.38. The van der Waals surface area contributed by atoms with Gasteiger partial charge in [-0.3, -0.25) is 39.4 Å². The van der Waals surface area contributed by atoms with Crippen LogP contribution < -0.4 is 10.6 Å². The second-order valence-electron chi connectivity index (χ2n) is 8.33. The van der Waals surface area contributed by atoms with Gasteiger partial charge in [-0.1, -0.05) is 11.1 Å². The van der Waals surface area contributed by atoms with Crippen LogP contribution in [0.5, 0.6) is 0 Å². The molecule has 10 heteroatoms. The molecule has 152 valence electrons. The number of methoxy groups -OCH3 is 2. The summed E-state index contributed by atoms with van der Waals surface area (Å²) in [6.45, 7) is 0. The van der Waals surface area contributed by atoms with Crippen LogP contribution in [0, 0.1) is 40.9 Å². The lowest BCUT2D eigenvalue weighted by Gasteiger charge is -2.49.